The molecule has 6 heteroatoms. The first-order chi connectivity index (χ1) is 16.4. The van der Waals surface area contributed by atoms with Gasteiger partial charge in [0.15, 0.2) is 5.72 Å². The Labute approximate surface area is 208 Å². The third-order valence-corrected chi connectivity index (χ3v) is 12.6. The molecule has 0 aromatic heterocycles. The van der Waals surface area contributed by atoms with Crippen LogP contribution in [0.5, 0.6) is 0 Å². The van der Waals surface area contributed by atoms with Crippen molar-refractivity contribution in [1.29, 1.82) is 0 Å². The Balaban J connectivity index is 1.44. The van der Waals surface area contributed by atoms with Crippen LogP contribution < -0.4 is 0 Å². The van der Waals surface area contributed by atoms with Crippen LogP contribution in [0.25, 0.3) is 0 Å². The number of fused-ring (bicyclic) bond motifs is 5. The molecule has 7 aliphatic rings. The number of piperidine rings is 1. The number of ketones is 2. The minimum absolute atomic E-state index is 0.165. The quantitative estimate of drug-likeness (QED) is 0.473. The average molecular weight is 484 g/mol. The molecule has 11 atom stereocenters. The van der Waals surface area contributed by atoms with Crippen molar-refractivity contribution in [2.45, 2.75) is 110 Å². The number of hydrogen-bond donors (Lipinski definition) is 0. The molecule has 6 nitrogen and oxygen atoms in total. The summed E-state index contributed by atoms with van der Waals surface area (Å²) in [6.07, 6.45) is 6.88. The molecule has 7 fully saturated rings. The maximum absolute atomic E-state index is 14.1. The summed E-state index contributed by atoms with van der Waals surface area (Å²) in [6.45, 7) is 12.1. The third kappa shape index (κ3) is 2.48. The molecule has 4 aliphatic heterocycles. The van der Waals surface area contributed by atoms with E-state index in [9.17, 15) is 14.4 Å². The van der Waals surface area contributed by atoms with Crippen LogP contribution in [0, 0.1) is 45.8 Å². The Morgan fingerprint density at radius 2 is 1.71 bits per heavy atom. The Bertz CT molecular complexity index is 1040. The van der Waals surface area contributed by atoms with E-state index in [1.165, 1.54) is 0 Å². The van der Waals surface area contributed by atoms with E-state index in [1.807, 2.05) is 0 Å². The Hall–Kier alpha value is -1.27. The smallest absolute Gasteiger partial charge is 0.308 e. The number of carbonyl (C=O) groups is 3. The largest absolute Gasteiger partial charge is 0.443 e. The number of hydrogen-bond acceptors (Lipinski definition) is 6. The fraction of sp³-hybridized carbons (Fsp3) is 0.897. The van der Waals surface area contributed by atoms with Crippen LogP contribution in [0.4, 0.5) is 0 Å². The molecular formula is C29H41NO5. The minimum atomic E-state index is -0.786. The lowest BCUT2D eigenvalue weighted by Crippen LogP contribution is -2.82. The van der Waals surface area contributed by atoms with Crippen LogP contribution in [-0.2, 0) is 23.9 Å². The van der Waals surface area contributed by atoms with Crippen LogP contribution in [0.2, 0.25) is 0 Å². The lowest BCUT2D eigenvalue weighted by Gasteiger charge is -2.76. The van der Waals surface area contributed by atoms with Gasteiger partial charge in [0.2, 0.25) is 0 Å². The molecule has 3 aliphatic carbocycles. The van der Waals surface area contributed by atoms with Crippen molar-refractivity contribution < 1.29 is 23.9 Å². The number of ether oxygens (including phenoxy) is 2. The fourth-order valence-electron chi connectivity index (χ4n) is 11.3. The zero-order valence-electron chi connectivity index (χ0n) is 22.0. The van der Waals surface area contributed by atoms with Gasteiger partial charge in [-0.25, -0.2) is 4.90 Å². The Kier molecular flexibility index (Phi) is 4.31. The first kappa shape index (κ1) is 22.9. The van der Waals surface area contributed by atoms with Gasteiger partial charge in [0.1, 0.15) is 17.3 Å². The van der Waals surface area contributed by atoms with Gasteiger partial charge in [0, 0.05) is 43.1 Å². The number of esters is 1. The van der Waals surface area contributed by atoms with Crippen molar-refractivity contribution in [2.75, 3.05) is 6.54 Å². The molecule has 4 saturated heterocycles. The second-order valence-electron chi connectivity index (χ2n) is 14.5. The summed E-state index contributed by atoms with van der Waals surface area (Å²) in [6, 6.07) is 0. The molecule has 0 N–H and O–H groups in total. The van der Waals surface area contributed by atoms with Gasteiger partial charge >= 0.3 is 5.97 Å². The molecule has 4 heterocycles. The van der Waals surface area contributed by atoms with E-state index in [-0.39, 0.29) is 57.9 Å². The molecule has 35 heavy (non-hydrogen) atoms. The number of Topliss-reactive ketones (excluding diaryl/α,β-unsaturated/α-hetero) is 2. The third-order valence-electron chi connectivity index (χ3n) is 12.6. The van der Waals surface area contributed by atoms with Gasteiger partial charge in [0.25, 0.3) is 0 Å². The number of nitrogens with zero attached hydrogens (tertiary/aromatic N) is 1. The van der Waals surface area contributed by atoms with Gasteiger partial charge in [-0.15, -0.1) is 0 Å². The van der Waals surface area contributed by atoms with Gasteiger partial charge in [-0.05, 0) is 60.7 Å². The highest BCUT2D eigenvalue weighted by molar-refractivity contribution is 5.93. The maximum Gasteiger partial charge on any atom is 0.308 e. The van der Waals surface area contributed by atoms with E-state index in [4.69, 9.17) is 9.47 Å². The molecule has 3 saturated carbocycles. The molecular weight excluding hydrogens is 442 g/mol. The van der Waals surface area contributed by atoms with Crippen molar-refractivity contribution in [1.82, 2.24) is 4.90 Å². The lowest BCUT2D eigenvalue weighted by atomic mass is 9.34. The van der Waals surface area contributed by atoms with Gasteiger partial charge in [-0.1, -0.05) is 34.6 Å². The predicted octanol–water partition coefficient (Wildman–Crippen LogP) is 4.49. The minimum Gasteiger partial charge on any atom is -0.443 e. The van der Waals surface area contributed by atoms with E-state index >= 15 is 0 Å². The highest BCUT2D eigenvalue weighted by Gasteiger charge is 2.82. The van der Waals surface area contributed by atoms with Crippen molar-refractivity contribution >= 4 is 17.5 Å². The van der Waals surface area contributed by atoms with Gasteiger partial charge in [-0.3, -0.25) is 14.4 Å². The van der Waals surface area contributed by atoms with Gasteiger partial charge in [-0.2, -0.15) is 0 Å². The van der Waals surface area contributed by atoms with Gasteiger partial charge < -0.3 is 9.47 Å². The lowest BCUT2D eigenvalue weighted by molar-refractivity contribution is -0.379. The highest BCUT2D eigenvalue weighted by atomic mass is 16.6. The van der Waals surface area contributed by atoms with E-state index < -0.39 is 11.1 Å². The van der Waals surface area contributed by atoms with E-state index in [0.29, 0.717) is 37.5 Å². The summed E-state index contributed by atoms with van der Waals surface area (Å²) in [7, 11) is 0. The molecule has 0 aromatic carbocycles. The standard InChI is InChI=1S/C29H41NO5/c1-16-9-20-19(21(31)10-16)11-22(32)24-25(20,3)15-29-27(5,26(24,4)13-23(33)35-29)6-7-28-12-17(2)8-18(34-28)14-30(28)29/h16-20,24H,6-15H2,1-5H3/t16-,17+,18-,19+,20-,24+,25+,26+,27+,28+,29-/m1/s1. The fourth-order valence-corrected chi connectivity index (χ4v) is 11.3. The van der Waals surface area contributed by atoms with Crippen molar-refractivity contribution in [3.63, 3.8) is 0 Å². The second-order valence-corrected chi connectivity index (χ2v) is 14.5. The number of rotatable bonds is 0. The van der Waals surface area contributed by atoms with Crippen LogP contribution in [-0.4, -0.2) is 46.5 Å². The summed E-state index contributed by atoms with van der Waals surface area (Å²) in [5.41, 5.74) is -2.37. The second kappa shape index (κ2) is 6.59. The van der Waals surface area contributed by atoms with Crippen LogP contribution in [0.15, 0.2) is 0 Å². The molecule has 4 bridgehead atoms. The highest BCUT2D eigenvalue weighted by Crippen LogP contribution is 2.77. The predicted molar refractivity (Wildman–Crippen MR) is 128 cm³/mol. The number of carbonyl (C=O) groups excluding carboxylic acids is 3. The Morgan fingerprint density at radius 1 is 0.943 bits per heavy atom. The molecule has 0 amide bonds. The summed E-state index contributed by atoms with van der Waals surface area (Å²) in [4.78, 5) is 43.2. The molecule has 0 radical (unpaired) electrons. The zero-order valence-corrected chi connectivity index (χ0v) is 22.0. The van der Waals surface area contributed by atoms with Crippen molar-refractivity contribution in [2.24, 2.45) is 45.8 Å². The Morgan fingerprint density at radius 3 is 2.49 bits per heavy atom. The van der Waals surface area contributed by atoms with E-state index in [1.54, 1.807) is 0 Å². The summed E-state index contributed by atoms with van der Waals surface area (Å²) >= 11 is 0. The molecule has 0 aromatic rings. The monoisotopic (exact) mass is 483 g/mol. The summed E-state index contributed by atoms with van der Waals surface area (Å²) in [5.74, 6) is 1.02. The maximum atomic E-state index is 14.1. The van der Waals surface area contributed by atoms with E-state index in [2.05, 4.69) is 39.5 Å². The summed E-state index contributed by atoms with van der Waals surface area (Å²) < 4.78 is 13.4. The van der Waals surface area contributed by atoms with Crippen molar-refractivity contribution in [3.8, 4) is 0 Å². The normalized spacial score (nSPS) is 59.2. The van der Waals surface area contributed by atoms with Crippen LogP contribution >= 0.6 is 0 Å². The average Bonchev–Trinajstić information content (AvgIpc) is 3.01. The van der Waals surface area contributed by atoms with Gasteiger partial charge in [0.05, 0.1) is 12.5 Å². The molecule has 1 spiro atoms. The zero-order chi connectivity index (χ0) is 24.8. The first-order valence-corrected chi connectivity index (χ1v) is 14.1. The van der Waals surface area contributed by atoms with Crippen LogP contribution in [0.3, 0.4) is 0 Å². The SMILES string of the molecule is C[C@H]1CC(=O)[C@H]2CC(=O)[C@H]3[C@@](C)(C[C@@]45OC(=O)C[C@]3(C)[C@]4(C)CC[C@]34C[C@@H](C)C[C@H](CN35)O4)[C@@H]2C1. The molecule has 192 valence electrons. The first-order valence-electron chi connectivity index (χ1n) is 14.1. The molecule has 7 rings (SSSR count). The topological polar surface area (TPSA) is 72.9 Å². The van der Waals surface area contributed by atoms with Crippen LogP contribution in [0.1, 0.15) is 92.4 Å². The molecule has 0 unspecified atom stereocenters. The van der Waals surface area contributed by atoms with E-state index in [0.717, 1.165) is 38.6 Å². The van der Waals surface area contributed by atoms with Crippen molar-refractivity contribution in [3.05, 3.63) is 0 Å². The summed E-state index contributed by atoms with van der Waals surface area (Å²) in [5, 5.41) is 0.